The standard InChI is InChI=1S/C27H28N2O5/c1-33-23-11-10-18(14-24(23)34-19-8-4-5-9-19)22(15-25(28)30)29-26(31)20-12-16-6-2-3-7-17(16)13-21(20)27(29)32/h2-3,6-7,10-14,19,22,31-32H,4-5,8-9,15H2,1H3,(H2,28,30). The number of carbonyl (C=O) groups excluding carboxylic acids is 1. The molecule has 0 saturated heterocycles. The Morgan fingerprint density at radius 1 is 1.00 bits per heavy atom. The van der Waals surface area contributed by atoms with Crippen molar-refractivity contribution in [2.45, 2.75) is 44.2 Å². The molecule has 0 aliphatic heterocycles. The number of nitrogens with two attached hydrogens (primary N) is 1. The highest BCUT2D eigenvalue weighted by Crippen LogP contribution is 2.44. The van der Waals surface area contributed by atoms with Crippen LogP contribution in [0.5, 0.6) is 23.3 Å². The Hall–Kier alpha value is -3.87. The van der Waals surface area contributed by atoms with E-state index in [9.17, 15) is 15.0 Å². The number of primary amides is 1. The second-order valence-electron chi connectivity index (χ2n) is 8.88. The smallest absolute Gasteiger partial charge is 0.219 e. The van der Waals surface area contributed by atoms with E-state index in [0.717, 1.165) is 36.5 Å². The van der Waals surface area contributed by atoms with Crippen molar-refractivity contribution in [3.63, 3.8) is 0 Å². The van der Waals surface area contributed by atoms with E-state index in [-0.39, 0.29) is 24.3 Å². The predicted molar refractivity (Wildman–Crippen MR) is 131 cm³/mol. The maximum Gasteiger partial charge on any atom is 0.219 e. The molecule has 1 fully saturated rings. The quantitative estimate of drug-likeness (QED) is 0.360. The summed E-state index contributed by atoms with van der Waals surface area (Å²) in [5, 5.41) is 25.2. The number of methoxy groups -OCH3 is 1. The highest BCUT2D eigenvalue weighted by molar-refractivity contribution is 6.03. The van der Waals surface area contributed by atoms with Crippen LogP contribution in [-0.4, -0.2) is 33.9 Å². The molecule has 5 rings (SSSR count). The second kappa shape index (κ2) is 8.82. The Morgan fingerprint density at radius 3 is 2.18 bits per heavy atom. The van der Waals surface area contributed by atoms with Crippen LogP contribution in [0, 0.1) is 0 Å². The first-order valence-corrected chi connectivity index (χ1v) is 11.5. The van der Waals surface area contributed by atoms with Gasteiger partial charge in [0.2, 0.25) is 17.7 Å². The van der Waals surface area contributed by atoms with Gasteiger partial charge in [-0.3, -0.25) is 9.36 Å². The van der Waals surface area contributed by atoms with Gasteiger partial charge in [-0.15, -0.1) is 0 Å². The van der Waals surface area contributed by atoms with Gasteiger partial charge < -0.3 is 25.4 Å². The van der Waals surface area contributed by atoms with Crippen LogP contribution in [0.2, 0.25) is 0 Å². The number of amides is 1. The number of ether oxygens (including phenoxy) is 2. The van der Waals surface area contributed by atoms with Crippen molar-refractivity contribution in [1.29, 1.82) is 0 Å². The monoisotopic (exact) mass is 460 g/mol. The third-order valence-electron chi connectivity index (χ3n) is 6.70. The topological polar surface area (TPSA) is 107 Å². The van der Waals surface area contributed by atoms with Gasteiger partial charge in [-0.25, -0.2) is 0 Å². The van der Waals surface area contributed by atoms with Crippen molar-refractivity contribution >= 4 is 27.5 Å². The van der Waals surface area contributed by atoms with Gasteiger partial charge >= 0.3 is 0 Å². The van der Waals surface area contributed by atoms with Crippen LogP contribution in [0.4, 0.5) is 0 Å². The summed E-state index contributed by atoms with van der Waals surface area (Å²) in [4.78, 5) is 12.1. The molecule has 34 heavy (non-hydrogen) atoms. The number of nitrogens with zero attached hydrogens (tertiary/aromatic N) is 1. The highest BCUT2D eigenvalue weighted by Gasteiger charge is 2.27. The first-order valence-electron chi connectivity index (χ1n) is 11.5. The molecule has 1 saturated carbocycles. The minimum absolute atomic E-state index is 0.113. The lowest BCUT2D eigenvalue weighted by atomic mass is 10.0. The maximum atomic E-state index is 12.1. The Labute approximate surface area is 197 Å². The number of rotatable bonds is 7. The Kier molecular flexibility index (Phi) is 5.69. The minimum atomic E-state index is -0.732. The van der Waals surface area contributed by atoms with E-state index in [1.807, 2.05) is 42.5 Å². The summed E-state index contributed by atoms with van der Waals surface area (Å²) >= 11 is 0. The molecule has 1 unspecified atom stereocenters. The summed E-state index contributed by atoms with van der Waals surface area (Å²) in [5.74, 6) is 0.353. The van der Waals surface area contributed by atoms with Crippen LogP contribution < -0.4 is 15.2 Å². The number of carbonyl (C=O) groups is 1. The summed E-state index contributed by atoms with van der Waals surface area (Å²) < 4.78 is 13.1. The summed E-state index contributed by atoms with van der Waals surface area (Å²) in [5.41, 5.74) is 6.27. The number of hydrogen-bond acceptors (Lipinski definition) is 5. The molecule has 1 heterocycles. The number of fused-ring (bicyclic) bond motifs is 2. The molecule has 1 aliphatic rings. The van der Waals surface area contributed by atoms with E-state index in [1.165, 1.54) is 4.57 Å². The molecule has 7 nitrogen and oxygen atoms in total. The van der Waals surface area contributed by atoms with E-state index in [0.29, 0.717) is 27.8 Å². The van der Waals surface area contributed by atoms with E-state index >= 15 is 0 Å². The van der Waals surface area contributed by atoms with E-state index < -0.39 is 11.9 Å². The molecule has 1 amide bonds. The first-order chi connectivity index (χ1) is 16.5. The number of benzene rings is 3. The second-order valence-corrected chi connectivity index (χ2v) is 8.88. The molecule has 1 atom stereocenters. The van der Waals surface area contributed by atoms with Crippen LogP contribution >= 0.6 is 0 Å². The van der Waals surface area contributed by atoms with E-state index in [2.05, 4.69) is 0 Å². The third-order valence-corrected chi connectivity index (χ3v) is 6.70. The molecule has 0 radical (unpaired) electrons. The summed E-state index contributed by atoms with van der Waals surface area (Å²) in [6.45, 7) is 0. The summed E-state index contributed by atoms with van der Waals surface area (Å²) in [6.07, 6.45) is 4.22. The predicted octanol–water partition coefficient (Wildman–Crippen LogP) is 5.00. The lowest BCUT2D eigenvalue weighted by molar-refractivity contribution is -0.118. The normalized spacial score (nSPS) is 15.1. The van der Waals surface area contributed by atoms with Gasteiger partial charge in [-0.1, -0.05) is 30.3 Å². The number of aromatic hydroxyl groups is 2. The van der Waals surface area contributed by atoms with Crippen LogP contribution in [0.3, 0.4) is 0 Å². The number of hydrogen-bond donors (Lipinski definition) is 3. The van der Waals surface area contributed by atoms with Crippen LogP contribution in [0.25, 0.3) is 21.5 Å². The fourth-order valence-electron chi connectivity index (χ4n) is 4.99. The van der Waals surface area contributed by atoms with Crippen molar-refractivity contribution in [2.24, 2.45) is 5.73 Å². The first kappa shape index (κ1) is 21.9. The zero-order valence-corrected chi connectivity index (χ0v) is 19.0. The SMILES string of the molecule is COc1ccc(C(CC(N)=O)n2c(O)c3cc4ccccc4cc3c2O)cc1OC1CCCC1. The van der Waals surface area contributed by atoms with Gasteiger partial charge in [-0.05, 0) is 66.3 Å². The molecular weight excluding hydrogens is 432 g/mol. The van der Waals surface area contributed by atoms with Gasteiger partial charge in [0, 0.05) is 10.8 Å². The van der Waals surface area contributed by atoms with Crippen LogP contribution in [0.15, 0.2) is 54.6 Å². The summed E-state index contributed by atoms with van der Waals surface area (Å²) in [7, 11) is 1.58. The third kappa shape index (κ3) is 3.87. The average Bonchev–Trinajstić information content (AvgIpc) is 3.43. The molecule has 1 aromatic heterocycles. The Morgan fingerprint density at radius 2 is 1.62 bits per heavy atom. The van der Waals surface area contributed by atoms with E-state index in [1.54, 1.807) is 19.2 Å². The van der Waals surface area contributed by atoms with Gasteiger partial charge in [0.1, 0.15) is 0 Å². The van der Waals surface area contributed by atoms with Gasteiger partial charge in [0.25, 0.3) is 0 Å². The lowest BCUT2D eigenvalue weighted by Gasteiger charge is -2.22. The molecular formula is C27H28N2O5. The van der Waals surface area contributed by atoms with Crippen molar-refractivity contribution in [2.75, 3.05) is 7.11 Å². The van der Waals surface area contributed by atoms with Crippen molar-refractivity contribution in [3.05, 3.63) is 60.2 Å². The minimum Gasteiger partial charge on any atom is -0.494 e. The highest BCUT2D eigenvalue weighted by atomic mass is 16.5. The van der Waals surface area contributed by atoms with Crippen LogP contribution in [-0.2, 0) is 4.79 Å². The molecule has 0 spiro atoms. The Bertz CT molecular complexity index is 1310. The lowest BCUT2D eigenvalue weighted by Crippen LogP contribution is -2.20. The molecule has 3 aromatic carbocycles. The molecule has 4 aromatic rings. The molecule has 1 aliphatic carbocycles. The molecule has 0 bridgehead atoms. The molecule has 7 heteroatoms. The maximum absolute atomic E-state index is 12.1. The van der Waals surface area contributed by atoms with Gasteiger partial charge in [0.05, 0.1) is 25.7 Å². The van der Waals surface area contributed by atoms with Crippen LogP contribution in [0.1, 0.15) is 43.7 Å². The Balaban J connectivity index is 1.64. The fourth-order valence-corrected chi connectivity index (χ4v) is 4.99. The molecule has 4 N–H and O–H groups in total. The summed E-state index contributed by atoms with van der Waals surface area (Å²) in [6, 6.07) is 16.0. The van der Waals surface area contributed by atoms with Gasteiger partial charge in [-0.2, -0.15) is 0 Å². The fraction of sp³-hybridized carbons (Fsp3) is 0.296. The van der Waals surface area contributed by atoms with Crippen molar-refractivity contribution in [1.82, 2.24) is 4.57 Å². The zero-order chi connectivity index (χ0) is 23.8. The van der Waals surface area contributed by atoms with Crippen molar-refractivity contribution in [3.8, 4) is 23.3 Å². The number of aromatic nitrogens is 1. The van der Waals surface area contributed by atoms with Crippen molar-refractivity contribution < 1.29 is 24.5 Å². The zero-order valence-electron chi connectivity index (χ0n) is 19.0. The van der Waals surface area contributed by atoms with E-state index in [4.69, 9.17) is 15.2 Å². The van der Waals surface area contributed by atoms with Gasteiger partial charge in [0.15, 0.2) is 11.5 Å². The average molecular weight is 461 g/mol. The molecule has 176 valence electrons. The largest absolute Gasteiger partial charge is 0.494 e.